The van der Waals surface area contributed by atoms with E-state index >= 15 is 0 Å². The van der Waals surface area contributed by atoms with Crippen LogP contribution in [0.25, 0.3) is 0 Å². The largest absolute Gasteiger partial charge is 0.495 e. The van der Waals surface area contributed by atoms with E-state index in [0.29, 0.717) is 12.4 Å². The van der Waals surface area contributed by atoms with Gasteiger partial charge in [-0.25, -0.2) is 0 Å². The molecular weight excluding hydrogens is 246 g/mol. The van der Waals surface area contributed by atoms with Crippen molar-refractivity contribution < 1.29 is 19.4 Å². The number of esters is 1. The summed E-state index contributed by atoms with van der Waals surface area (Å²) in [5.74, 6) is 0.307. The maximum Gasteiger partial charge on any atom is 0.308 e. The molecule has 0 saturated carbocycles. The summed E-state index contributed by atoms with van der Waals surface area (Å²) in [6, 6.07) is 5.73. The van der Waals surface area contributed by atoms with Gasteiger partial charge in [0.1, 0.15) is 5.75 Å². The summed E-state index contributed by atoms with van der Waals surface area (Å²) in [4.78, 5) is 11.2. The first-order valence-electron chi connectivity index (χ1n) is 6.29. The van der Waals surface area contributed by atoms with E-state index in [1.54, 1.807) is 14.0 Å². The van der Waals surface area contributed by atoms with Crippen molar-refractivity contribution in [1.82, 2.24) is 0 Å². The Morgan fingerprint density at radius 3 is 2.84 bits per heavy atom. The summed E-state index contributed by atoms with van der Waals surface area (Å²) in [5, 5.41) is 12.8. The summed E-state index contributed by atoms with van der Waals surface area (Å²) < 4.78 is 9.99. The number of benzene rings is 1. The summed E-state index contributed by atoms with van der Waals surface area (Å²) in [6.07, 6.45) is -0.807. The van der Waals surface area contributed by atoms with Crippen LogP contribution >= 0.6 is 0 Å². The van der Waals surface area contributed by atoms with Crippen molar-refractivity contribution in [3.63, 3.8) is 0 Å². The average molecular weight is 267 g/mol. The number of anilines is 1. The molecule has 1 unspecified atom stereocenters. The molecule has 5 nitrogen and oxygen atoms in total. The van der Waals surface area contributed by atoms with E-state index in [-0.39, 0.29) is 13.0 Å². The molecule has 0 spiro atoms. The zero-order valence-corrected chi connectivity index (χ0v) is 11.6. The van der Waals surface area contributed by atoms with Crippen LogP contribution in [0.1, 0.15) is 18.9 Å². The predicted molar refractivity (Wildman–Crippen MR) is 73.5 cm³/mol. The van der Waals surface area contributed by atoms with Crippen LogP contribution in [-0.4, -0.2) is 37.4 Å². The average Bonchev–Trinajstić information content (AvgIpc) is 2.36. The number of carbonyl (C=O) groups is 1. The maximum atomic E-state index is 11.2. The fraction of sp³-hybridized carbons (Fsp3) is 0.500. The van der Waals surface area contributed by atoms with Gasteiger partial charge in [0.2, 0.25) is 0 Å². The Kier molecular flexibility index (Phi) is 6.15. The lowest BCUT2D eigenvalue weighted by atomic mass is 10.2. The van der Waals surface area contributed by atoms with E-state index in [1.807, 2.05) is 25.1 Å². The first-order chi connectivity index (χ1) is 9.06. The first-order valence-corrected chi connectivity index (χ1v) is 6.29. The zero-order valence-electron chi connectivity index (χ0n) is 11.6. The normalized spacial score (nSPS) is 11.8. The van der Waals surface area contributed by atoms with Gasteiger partial charge in [0.05, 0.1) is 31.9 Å². The molecule has 0 bridgehead atoms. The molecule has 1 aromatic carbocycles. The number of methoxy groups -OCH3 is 1. The van der Waals surface area contributed by atoms with Crippen LogP contribution in [0.4, 0.5) is 5.69 Å². The first kappa shape index (κ1) is 15.3. The van der Waals surface area contributed by atoms with Gasteiger partial charge >= 0.3 is 5.97 Å². The Hall–Kier alpha value is -1.75. The van der Waals surface area contributed by atoms with Crippen LogP contribution < -0.4 is 10.1 Å². The Labute approximate surface area is 113 Å². The molecule has 1 rings (SSSR count). The number of ether oxygens (including phenoxy) is 2. The summed E-state index contributed by atoms with van der Waals surface area (Å²) >= 11 is 0. The number of hydrogen-bond donors (Lipinski definition) is 2. The number of hydrogen-bond acceptors (Lipinski definition) is 5. The molecule has 106 valence electrons. The molecule has 0 aliphatic carbocycles. The minimum absolute atomic E-state index is 0.0189. The standard InChI is InChI=1S/C14H21NO4/c1-4-19-14(17)8-11(16)9-15-12-7-10(2)5-6-13(12)18-3/h5-7,11,15-16H,4,8-9H2,1-3H3. The summed E-state index contributed by atoms with van der Waals surface area (Å²) in [6.45, 7) is 4.29. The van der Waals surface area contributed by atoms with Gasteiger partial charge in [0.25, 0.3) is 0 Å². The Balaban J connectivity index is 2.52. The Morgan fingerprint density at radius 2 is 2.21 bits per heavy atom. The Bertz CT molecular complexity index is 420. The van der Waals surface area contributed by atoms with E-state index in [9.17, 15) is 9.90 Å². The van der Waals surface area contributed by atoms with Crippen molar-refractivity contribution >= 4 is 11.7 Å². The van der Waals surface area contributed by atoms with Gasteiger partial charge in [-0.3, -0.25) is 4.79 Å². The molecule has 0 aromatic heterocycles. The number of aliphatic hydroxyl groups excluding tert-OH is 1. The number of aliphatic hydroxyl groups is 1. The van der Waals surface area contributed by atoms with Crippen molar-refractivity contribution in [3.05, 3.63) is 23.8 Å². The molecular formula is C14H21NO4. The van der Waals surface area contributed by atoms with Gasteiger partial charge in [-0.05, 0) is 31.5 Å². The minimum atomic E-state index is -0.788. The van der Waals surface area contributed by atoms with Crippen LogP contribution in [0, 0.1) is 6.92 Å². The van der Waals surface area contributed by atoms with E-state index in [2.05, 4.69) is 5.32 Å². The molecule has 0 aliphatic rings. The molecule has 1 aromatic rings. The van der Waals surface area contributed by atoms with E-state index in [0.717, 1.165) is 11.3 Å². The van der Waals surface area contributed by atoms with E-state index in [4.69, 9.17) is 9.47 Å². The van der Waals surface area contributed by atoms with Gasteiger partial charge < -0.3 is 19.9 Å². The monoisotopic (exact) mass is 267 g/mol. The number of carbonyl (C=O) groups excluding carboxylic acids is 1. The van der Waals surface area contributed by atoms with Gasteiger partial charge in [-0.1, -0.05) is 6.07 Å². The maximum absolute atomic E-state index is 11.2. The highest BCUT2D eigenvalue weighted by Gasteiger charge is 2.12. The highest BCUT2D eigenvalue weighted by atomic mass is 16.5. The van der Waals surface area contributed by atoms with Crippen LogP contribution in [0.3, 0.4) is 0 Å². The number of rotatable bonds is 7. The molecule has 2 N–H and O–H groups in total. The highest BCUT2D eigenvalue weighted by molar-refractivity contribution is 5.70. The number of aryl methyl sites for hydroxylation is 1. The number of nitrogens with one attached hydrogen (secondary N) is 1. The second-order valence-electron chi connectivity index (χ2n) is 4.25. The highest BCUT2D eigenvalue weighted by Crippen LogP contribution is 2.25. The lowest BCUT2D eigenvalue weighted by Gasteiger charge is -2.15. The molecule has 0 saturated heterocycles. The van der Waals surface area contributed by atoms with E-state index < -0.39 is 12.1 Å². The third-order valence-electron chi connectivity index (χ3n) is 2.59. The van der Waals surface area contributed by atoms with Crippen molar-refractivity contribution in [2.75, 3.05) is 25.6 Å². The van der Waals surface area contributed by atoms with Crippen molar-refractivity contribution in [1.29, 1.82) is 0 Å². The molecule has 1 atom stereocenters. The second kappa shape index (κ2) is 7.63. The zero-order chi connectivity index (χ0) is 14.3. The Morgan fingerprint density at radius 1 is 1.47 bits per heavy atom. The summed E-state index contributed by atoms with van der Waals surface area (Å²) in [5.41, 5.74) is 1.88. The lowest BCUT2D eigenvalue weighted by molar-refractivity contribution is -0.145. The topological polar surface area (TPSA) is 67.8 Å². The van der Waals surface area contributed by atoms with E-state index in [1.165, 1.54) is 0 Å². The minimum Gasteiger partial charge on any atom is -0.495 e. The molecule has 5 heteroatoms. The fourth-order valence-corrected chi connectivity index (χ4v) is 1.67. The van der Waals surface area contributed by atoms with Crippen molar-refractivity contribution in [2.45, 2.75) is 26.4 Å². The molecule has 0 amide bonds. The fourth-order valence-electron chi connectivity index (χ4n) is 1.67. The smallest absolute Gasteiger partial charge is 0.308 e. The van der Waals surface area contributed by atoms with Crippen LogP contribution in [0.5, 0.6) is 5.75 Å². The van der Waals surface area contributed by atoms with Gasteiger partial charge in [-0.2, -0.15) is 0 Å². The molecule has 0 fully saturated rings. The van der Waals surface area contributed by atoms with Crippen LogP contribution in [0.2, 0.25) is 0 Å². The van der Waals surface area contributed by atoms with Gasteiger partial charge in [-0.15, -0.1) is 0 Å². The molecule has 19 heavy (non-hydrogen) atoms. The van der Waals surface area contributed by atoms with Crippen molar-refractivity contribution in [3.8, 4) is 5.75 Å². The van der Waals surface area contributed by atoms with Gasteiger partial charge in [0, 0.05) is 6.54 Å². The quantitative estimate of drug-likeness (QED) is 0.736. The molecule has 0 aliphatic heterocycles. The van der Waals surface area contributed by atoms with Crippen LogP contribution in [0.15, 0.2) is 18.2 Å². The third-order valence-corrected chi connectivity index (χ3v) is 2.59. The summed E-state index contributed by atoms with van der Waals surface area (Å²) in [7, 11) is 1.59. The SMILES string of the molecule is CCOC(=O)CC(O)CNc1cc(C)ccc1OC. The predicted octanol–water partition coefficient (Wildman–Crippen LogP) is 1.73. The van der Waals surface area contributed by atoms with Crippen LogP contribution in [-0.2, 0) is 9.53 Å². The molecule has 0 heterocycles. The van der Waals surface area contributed by atoms with Gasteiger partial charge in [0.15, 0.2) is 0 Å². The second-order valence-corrected chi connectivity index (χ2v) is 4.25. The lowest BCUT2D eigenvalue weighted by Crippen LogP contribution is -2.24. The van der Waals surface area contributed by atoms with Crippen molar-refractivity contribution in [2.24, 2.45) is 0 Å². The molecule has 0 radical (unpaired) electrons. The third kappa shape index (κ3) is 5.18.